The van der Waals surface area contributed by atoms with Crippen molar-refractivity contribution in [3.8, 4) is 0 Å². The zero-order chi connectivity index (χ0) is 13.1. The Kier molecular flexibility index (Phi) is 4.41. The highest BCUT2D eigenvalue weighted by molar-refractivity contribution is 5.84. The Balaban J connectivity index is 2.71. The van der Waals surface area contributed by atoms with E-state index in [4.69, 9.17) is 5.73 Å². The molecule has 0 aromatic rings. The summed E-state index contributed by atoms with van der Waals surface area (Å²) >= 11 is 0. The van der Waals surface area contributed by atoms with Crippen LogP contribution in [0.2, 0.25) is 0 Å². The van der Waals surface area contributed by atoms with Crippen LogP contribution in [-0.2, 0) is 4.79 Å². The van der Waals surface area contributed by atoms with Crippen molar-refractivity contribution >= 4 is 5.91 Å². The number of hydrogen-bond acceptors (Lipinski definition) is 2. The molecule has 0 radical (unpaired) electrons. The third-order valence-electron chi connectivity index (χ3n) is 3.46. The summed E-state index contributed by atoms with van der Waals surface area (Å²) in [4.78, 5) is 11.4. The van der Waals surface area contributed by atoms with Crippen LogP contribution in [0.1, 0.15) is 39.0 Å². The Bertz CT molecular complexity index is 280. The first-order valence-electron chi connectivity index (χ1n) is 5.87. The SMILES string of the molecule is CC1CCCC(NCC(F)(F)F)(C(N)=O)CC1. The zero-order valence-electron chi connectivity index (χ0n) is 9.94. The van der Waals surface area contributed by atoms with Gasteiger partial charge in [0.25, 0.3) is 0 Å². The molecule has 3 N–H and O–H groups in total. The molecule has 1 aliphatic rings. The number of carbonyl (C=O) groups is 1. The van der Waals surface area contributed by atoms with E-state index >= 15 is 0 Å². The van der Waals surface area contributed by atoms with Crippen LogP contribution in [0.4, 0.5) is 13.2 Å². The normalized spacial score (nSPS) is 30.9. The molecular weight excluding hydrogens is 233 g/mol. The molecule has 0 aromatic carbocycles. The molecule has 17 heavy (non-hydrogen) atoms. The Hall–Kier alpha value is -0.780. The summed E-state index contributed by atoms with van der Waals surface area (Å²) in [6.07, 6.45) is -1.14. The molecule has 3 nitrogen and oxygen atoms in total. The minimum Gasteiger partial charge on any atom is -0.368 e. The van der Waals surface area contributed by atoms with Gasteiger partial charge in [0, 0.05) is 0 Å². The first-order valence-corrected chi connectivity index (χ1v) is 5.87. The molecule has 0 saturated heterocycles. The lowest BCUT2D eigenvalue weighted by molar-refractivity contribution is -0.136. The van der Waals surface area contributed by atoms with Crippen LogP contribution in [0.3, 0.4) is 0 Å². The molecule has 2 atom stereocenters. The van der Waals surface area contributed by atoms with E-state index in [1.165, 1.54) is 0 Å². The molecule has 1 fully saturated rings. The molecule has 2 unspecified atom stereocenters. The van der Waals surface area contributed by atoms with Crippen molar-refractivity contribution in [3.05, 3.63) is 0 Å². The Morgan fingerprint density at radius 2 is 2.06 bits per heavy atom. The quantitative estimate of drug-likeness (QED) is 0.754. The number of halogens is 3. The van der Waals surface area contributed by atoms with Gasteiger partial charge in [-0.2, -0.15) is 13.2 Å². The maximum Gasteiger partial charge on any atom is 0.401 e. The van der Waals surface area contributed by atoms with E-state index in [-0.39, 0.29) is 0 Å². The van der Waals surface area contributed by atoms with Crippen LogP contribution in [0.5, 0.6) is 0 Å². The summed E-state index contributed by atoms with van der Waals surface area (Å²) in [6, 6.07) is 0. The minimum atomic E-state index is -4.32. The summed E-state index contributed by atoms with van der Waals surface area (Å²) in [6.45, 7) is 0.880. The third-order valence-corrected chi connectivity index (χ3v) is 3.46. The highest BCUT2D eigenvalue weighted by Crippen LogP contribution is 2.31. The smallest absolute Gasteiger partial charge is 0.368 e. The Morgan fingerprint density at radius 1 is 1.41 bits per heavy atom. The van der Waals surface area contributed by atoms with Gasteiger partial charge in [-0.3, -0.25) is 10.1 Å². The lowest BCUT2D eigenvalue weighted by atomic mass is 9.89. The van der Waals surface area contributed by atoms with Gasteiger partial charge in [0.1, 0.15) is 0 Å². The number of carbonyl (C=O) groups excluding carboxylic acids is 1. The zero-order valence-corrected chi connectivity index (χ0v) is 9.94. The van der Waals surface area contributed by atoms with Crippen molar-refractivity contribution in [2.24, 2.45) is 11.7 Å². The summed E-state index contributed by atoms with van der Waals surface area (Å²) in [5.41, 5.74) is 4.10. The van der Waals surface area contributed by atoms with E-state index in [0.29, 0.717) is 18.8 Å². The van der Waals surface area contributed by atoms with Gasteiger partial charge < -0.3 is 5.73 Å². The Labute approximate surface area is 98.9 Å². The van der Waals surface area contributed by atoms with Crippen LogP contribution in [-0.4, -0.2) is 24.2 Å². The van der Waals surface area contributed by atoms with Crippen LogP contribution in [0, 0.1) is 5.92 Å². The number of alkyl halides is 3. The predicted molar refractivity (Wildman–Crippen MR) is 58.2 cm³/mol. The van der Waals surface area contributed by atoms with Gasteiger partial charge in [0.15, 0.2) is 0 Å². The molecule has 0 bridgehead atoms. The topological polar surface area (TPSA) is 55.1 Å². The van der Waals surface area contributed by atoms with Gasteiger partial charge in [-0.05, 0) is 25.2 Å². The summed E-state index contributed by atoms with van der Waals surface area (Å²) in [5.74, 6) is -0.236. The molecule has 0 heterocycles. The molecule has 0 aromatic heterocycles. The minimum absolute atomic E-state index is 0.388. The maximum atomic E-state index is 12.2. The average Bonchev–Trinajstić information content (AvgIpc) is 2.37. The highest BCUT2D eigenvalue weighted by Gasteiger charge is 2.40. The summed E-state index contributed by atoms with van der Waals surface area (Å²) in [5, 5.41) is 2.34. The van der Waals surface area contributed by atoms with E-state index in [2.05, 4.69) is 5.32 Å². The average molecular weight is 252 g/mol. The lowest BCUT2D eigenvalue weighted by Crippen LogP contribution is -2.57. The van der Waals surface area contributed by atoms with E-state index in [1.54, 1.807) is 0 Å². The Morgan fingerprint density at radius 3 is 2.59 bits per heavy atom. The first kappa shape index (κ1) is 14.3. The fraction of sp³-hybridized carbons (Fsp3) is 0.909. The van der Waals surface area contributed by atoms with Gasteiger partial charge in [-0.25, -0.2) is 0 Å². The number of hydrogen-bond donors (Lipinski definition) is 2. The number of amides is 1. The van der Waals surface area contributed by atoms with Gasteiger partial charge in [0.2, 0.25) is 5.91 Å². The maximum absolute atomic E-state index is 12.2. The molecule has 6 heteroatoms. The number of rotatable bonds is 3. The molecule has 1 rings (SSSR count). The molecule has 0 aliphatic heterocycles. The van der Waals surface area contributed by atoms with Crippen molar-refractivity contribution < 1.29 is 18.0 Å². The largest absolute Gasteiger partial charge is 0.401 e. The van der Waals surface area contributed by atoms with Gasteiger partial charge >= 0.3 is 6.18 Å². The predicted octanol–water partition coefficient (Wildman–Crippen LogP) is 1.96. The van der Waals surface area contributed by atoms with E-state index in [0.717, 1.165) is 19.3 Å². The van der Waals surface area contributed by atoms with E-state index < -0.39 is 24.2 Å². The fourth-order valence-corrected chi connectivity index (χ4v) is 2.29. The first-order chi connectivity index (χ1) is 7.75. The van der Waals surface area contributed by atoms with Gasteiger partial charge in [0.05, 0.1) is 12.1 Å². The second-order valence-electron chi connectivity index (χ2n) is 4.95. The molecule has 100 valence electrons. The third kappa shape index (κ3) is 4.18. The van der Waals surface area contributed by atoms with Crippen molar-refractivity contribution in [1.29, 1.82) is 0 Å². The van der Waals surface area contributed by atoms with E-state index in [9.17, 15) is 18.0 Å². The second kappa shape index (κ2) is 5.25. The van der Waals surface area contributed by atoms with E-state index in [1.807, 2.05) is 6.92 Å². The van der Waals surface area contributed by atoms with Gasteiger partial charge in [-0.15, -0.1) is 0 Å². The van der Waals surface area contributed by atoms with Crippen LogP contribution >= 0.6 is 0 Å². The van der Waals surface area contributed by atoms with Crippen LogP contribution < -0.4 is 11.1 Å². The van der Waals surface area contributed by atoms with Crippen molar-refractivity contribution in [3.63, 3.8) is 0 Å². The second-order valence-corrected chi connectivity index (χ2v) is 4.95. The monoisotopic (exact) mass is 252 g/mol. The summed E-state index contributed by atoms with van der Waals surface area (Å²) in [7, 11) is 0. The molecule has 1 saturated carbocycles. The molecule has 1 amide bonds. The van der Waals surface area contributed by atoms with Crippen LogP contribution in [0.15, 0.2) is 0 Å². The molecule has 0 spiro atoms. The lowest BCUT2D eigenvalue weighted by Gasteiger charge is -2.31. The molecular formula is C11H19F3N2O. The molecule has 1 aliphatic carbocycles. The fourth-order valence-electron chi connectivity index (χ4n) is 2.29. The van der Waals surface area contributed by atoms with Crippen molar-refractivity contribution in [2.75, 3.05) is 6.54 Å². The number of nitrogens with one attached hydrogen (secondary N) is 1. The van der Waals surface area contributed by atoms with Gasteiger partial charge in [-0.1, -0.05) is 19.8 Å². The standard InChI is InChI=1S/C11H19F3N2O/c1-8-3-2-5-10(6-4-8,9(15)17)16-7-11(12,13)14/h8,16H,2-7H2,1H3,(H2,15,17). The van der Waals surface area contributed by atoms with Crippen molar-refractivity contribution in [2.45, 2.75) is 50.7 Å². The summed E-state index contributed by atoms with van der Waals surface area (Å²) < 4.78 is 36.6. The number of nitrogens with two attached hydrogens (primary N) is 1. The van der Waals surface area contributed by atoms with Crippen molar-refractivity contribution in [1.82, 2.24) is 5.32 Å². The highest BCUT2D eigenvalue weighted by atomic mass is 19.4. The van der Waals surface area contributed by atoms with Crippen LogP contribution in [0.25, 0.3) is 0 Å². The number of primary amides is 1.